The van der Waals surface area contributed by atoms with Crippen molar-refractivity contribution in [2.75, 3.05) is 9.80 Å². The van der Waals surface area contributed by atoms with Crippen LogP contribution >= 0.6 is 11.3 Å². The Kier molecular flexibility index (Phi) is 20.7. The predicted octanol–water partition coefficient (Wildman–Crippen LogP) is 34.0. The smallest absolute Gasteiger partial charge is 0.137 e. The van der Waals surface area contributed by atoms with Gasteiger partial charge in [0.15, 0.2) is 0 Å². The summed E-state index contributed by atoms with van der Waals surface area (Å²) in [5.41, 5.74) is 29.0. The zero-order valence-corrected chi connectivity index (χ0v) is 71.2. The minimum atomic E-state index is -0.510. The summed E-state index contributed by atoms with van der Waals surface area (Å²) in [4.78, 5) is 4.81. The Morgan fingerprint density at radius 3 is 0.883 bits per heavy atom. The first-order valence-electron chi connectivity index (χ1n) is 43.9. The van der Waals surface area contributed by atoms with Crippen LogP contribution in [0.25, 0.3) is 119 Å². The number of rotatable bonds is 19. The largest absolute Gasteiger partial charge is 0.456 e. The molecule has 0 unspecified atom stereocenters. The molecule has 0 saturated carbocycles. The van der Waals surface area contributed by atoms with Crippen molar-refractivity contribution in [3.05, 3.63) is 566 Å². The third-order valence-electron chi connectivity index (χ3n) is 25.7. The van der Waals surface area contributed by atoms with E-state index in [0.717, 1.165) is 67.0 Å². The molecule has 0 aliphatic rings. The van der Waals surface area contributed by atoms with Gasteiger partial charge in [0.25, 0.3) is 0 Å². The number of thiophene rings is 1. The molecule has 0 bridgehead atoms. The highest BCUT2D eigenvalue weighted by Crippen LogP contribution is 2.52. The Morgan fingerprint density at radius 1 is 0.164 bits per heavy atom. The lowest BCUT2D eigenvalue weighted by Gasteiger charge is -2.37. The first-order chi connectivity index (χ1) is 63.5. The average Bonchev–Trinajstić information content (AvgIpc) is 0.987. The Hall–Kier alpha value is -16.2. The number of hydrogen-bond acceptors (Lipinski definition) is 4. The summed E-state index contributed by atoms with van der Waals surface area (Å²) < 4.78 is 9.02. The zero-order valence-electron chi connectivity index (χ0n) is 70.4. The molecule has 2 heterocycles. The molecule has 23 aromatic rings. The van der Waals surface area contributed by atoms with Crippen molar-refractivity contribution >= 4 is 109 Å². The molecule has 4 heteroatoms. The molecule has 21 aromatic carbocycles. The van der Waals surface area contributed by atoms with Crippen molar-refractivity contribution < 1.29 is 4.42 Å². The van der Waals surface area contributed by atoms with E-state index in [9.17, 15) is 0 Å². The van der Waals surface area contributed by atoms with Crippen molar-refractivity contribution in [1.29, 1.82) is 0 Å². The van der Waals surface area contributed by atoms with Gasteiger partial charge in [0.05, 0.1) is 22.2 Å². The van der Waals surface area contributed by atoms with Crippen LogP contribution in [0, 0.1) is 0 Å². The maximum atomic E-state index is 6.45. The lowest BCUT2D eigenvalue weighted by molar-refractivity contribution is 0.669. The van der Waals surface area contributed by atoms with Gasteiger partial charge in [-0.15, -0.1) is 11.3 Å². The van der Waals surface area contributed by atoms with Gasteiger partial charge in [-0.3, -0.25) is 0 Å². The van der Waals surface area contributed by atoms with Crippen molar-refractivity contribution in [3.8, 4) is 55.6 Å². The fourth-order valence-electron chi connectivity index (χ4n) is 19.8. The fraction of sp³-hybridized carbons (Fsp3) is 0.0161. The second-order valence-electron chi connectivity index (χ2n) is 32.8. The first kappa shape index (κ1) is 77.8. The summed E-state index contributed by atoms with van der Waals surface area (Å²) in [6.07, 6.45) is 0. The van der Waals surface area contributed by atoms with Gasteiger partial charge in [-0.1, -0.05) is 443 Å². The summed E-state index contributed by atoms with van der Waals surface area (Å²) in [5.74, 6) is 0. The Balaban J connectivity index is 0.000000151. The Labute approximate surface area is 750 Å². The standard InChI is InChI=1S/C65H45NS.C59H41NO/c1-5-19-46(20-6-1)55-27-13-14-28-56(55)48-35-39-53(40-36-48)66(54-41-42-61-60-31-17-18-32-63(60)67-64(61)45-54)62-44-43-57(58-29-15-16-30-59(58)62)47-33-37-52(38-34-47)65(49-21-7-2-8-22-49,50-23-9-3-10-24-50)51-25-11-4-12-26-51;1-5-17-42(18-6-1)43-31-35-49(36-32-43)60(50-37-38-55-54-27-15-16-28-57(54)61-58(55)41-50)56-40-39-51(52-25-13-14-26-53(52)56)44-29-33-48(34-30-44)59(45-19-7-2-8-20-45,46-21-9-3-10-22-46)47-23-11-4-12-24-47/h1-45H;1-41H. The van der Waals surface area contributed by atoms with E-state index in [-0.39, 0.29) is 0 Å². The molecule has 604 valence electrons. The van der Waals surface area contributed by atoms with E-state index in [1.54, 1.807) is 0 Å². The number of fused-ring (bicyclic) bond motifs is 8. The van der Waals surface area contributed by atoms with Crippen molar-refractivity contribution in [3.63, 3.8) is 0 Å². The highest BCUT2D eigenvalue weighted by atomic mass is 32.1. The van der Waals surface area contributed by atoms with Crippen molar-refractivity contribution in [1.82, 2.24) is 0 Å². The van der Waals surface area contributed by atoms with Crippen molar-refractivity contribution in [2.45, 2.75) is 10.8 Å². The third kappa shape index (κ3) is 14.2. The van der Waals surface area contributed by atoms with E-state index in [4.69, 9.17) is 4.42 Å². The topological polar surface area (TPSA) is 19.6 Å². The van der Waals surface area contributed by atoms with E-state index in [0.29, 0.717) is 0 Å². The molecule has 0 fully saturated rings. The maximum absolute atomic E-state index is 6.45. The lowest BCUT2D eigenvalue weighted by atomic mass is 9.65. The quantitative estimate of drug-likeness (QED) is 0.0753. The molecule has 0 saturated heterocycles. The molecule has 0 N–H and O–H groups in total. The van der Waals surface area contributed by atoms with Gasteiger partial charge >= 0.3 is 0 Å². The van der Waals surface area contributed by atoms with Crippen molar-refractivity contribution in [2.24, 2.45) is 0 Å². The molecule has 0 radical (unpaired) electrons. The number of benzene rings is 21. The zero-order chi connectivity index (χ0) is 85.2. The summed E-state index contributed by atoms with van der Waals surface area (Å²) >= 11 is 1.86. The molecule has 23 rings (SSSR count). The molecule has 0 aliphatic carbocycles. The molecule has 0 atom stereocenters. The van der Waals surface area contributed by atoms with Gasteiger partial charge in [0.1, 0.15) is 11.2 Å². The Bertz CT molecular complexity index is 7670. The summed E-state index contributed by atoms with van der Waals surface area (Å²) in [7, 11) is 0. The van der Waals surface area contributed by atoms with E-state index in [1.807, 2.05) is 23.5 Å². The molecule has 0 spiro atoms. The van der Waals surface area contributed by atoms with E-state index >= 15 is 0 Å². The molecule has 3 nitrogen and oxygen atoms in total. The molecule has 2 aromatic heterocycles. The summed E-state index contributed by atoms with van der Waals surface area (Å²) in [5, 5.41) is 9.56. The van der Waals surface area contributed by atoms with Crippen LogP contribution < -0.4 is 9.80 Å². The van der Waals surface area contributed by atoms with E-state index in [1.165, 1.54) is 131 Å². The van der Waals surface area contributed by atoms with Crippen LogP contribution in [0.15, 0.2) is 526 Å². The monoisotopic (exact) mass is 1650 g/mol. The van der Waals surface area contributed by atoms with Crippen LogP contribution in [0.5, 0.6) is 0 Å². The summed E-state index contributed by atoms with van der Waals surface area (Å²) in [6, 6.07) is 190. The average molecular weight is 1650 g/mol. The van der Waals surface area contributed by atoms with Gasteiger partial charge in [0.2, 0.25) is 0 Å². The Morgan fingerprint density at radius 2 is 0.445 bits per heavy atom. The number of nitrogens with zero attached hydrogens (tertiary/aromatic N) is 2. The normalized spacial score (nSPS) is 11.6. The third-order valence-corrected chi connectivity index (χ3v) is 26.8. The van der Waals surface area contributed by atoms with Crippen LogP contribution in [0.1, 0.15) is 44.5 Å². The highest BCUT2D eigenvalue weighted by Gasteiger charge is 2.40. The van der Waals surface area contributed by atoms with E-state index < -0.39 is 10.8 Å². The van der Waals surface area contributed by atoms with Gasteiger partial charge in [-0.05, 0) is 184 Å². The number of furan rings is 1. The molecular formula is C124H86N2OS. The SMILES string of the molecule is c1ccc(-c2ccc(N(c3ccc4c(c3)oc3ccccc34)c3ccc(-c4ccc(C(c5ccccc5)(c5ccccc5)c5ccccc5)cc4)c4ccccc34)cc2)cc1.c1ccc(-c2ccccc2-c2ccc(N(c3ccc4c(c3)sc3ccccc34)c3ccc(-c4ccc(C(c5ccccc5)(c5ccccc5)c5ccccc5)cc4)c4ccccc34)cc2)cc1. The molecule has 0 aliphatic heterocycles. The highest BCUT2D eigenvalue weighted by molar-refractivity contribution is 7.25. The van der Waals surface area contributed by atoms with Gasteiger partial charge < -0.3 is 14.2 Å². The minimum Gasteiger partial charge on any atom is -0.456 e. The molecule has 0 amide bonds. The molecule has 128 heavy (non-hydrogen) atoms. The van der Waals surface area contributed by atoms with Crippen LogP contribution in [0.2, 0.25) is 0 Å². The van der Waals surface area contributed by atoms with Crippen LogP contribution in [0.4, 0.5) is 34.1 Å². The van der Waals surface area contributed by atoms with Gasteiger partial charge in [-0.2, -0.15) is 0 Å². The van der Waals surface area contributed by atoms with E-state index in [2.05, 4.69) is 519 Å². The van der Waals surface area contributed by atoms with Crippen LogP contribution in [-0.2, 0) is 10.8 Å². The molecular weight excluding hydrogens is 1570 g/mol. The second kappa shape index (κ2) is 34.1. The number of para-hydroxylation sites is 1. The first-order valence-corrected chi connectivity index (χ1v) is 44.7. The van der Waals surface area contributed by atoms with Crippen LogP contribution in [0.3, 0.4) is 0 Å². The second-order valence-corrected chi connectivity index (χ2v) is 33.9. The van der Waals surface area contributed by atoms with Gasteiger partial charge in [-0.25, -0.2) is 0 Å². The lowest BCUT2D eigenvalue weighted by Crippen LogP contribution is -2.30. The fourth-order valence-corrected chi connectivity index (χ4v) is 20.9. The number of hydrogen-bond donors (Lipinski definition) is 0. The minimum absolute atomic E-state index is 0.508. The number of anilines is 6. The maximum Gasteiger partial charge on any atom is 0.137 e. The van der Waals surface area contributed by atoms with Crippen LogP contribution in [-0.4, -0.2) is 0 Å². The van der Waals surface area contributed by atoms with Gasteiger partial charge in [0, 0.05) is 70.5 Å². The summed E-state index contributed by atoms with van der Waals surface area (Å²) in [6.45, 7) is 0. The predicted molar refractivity (Wildman–Crippen MR) is 541 cm³/mol.